The molecule has 2 atom stereocenters. The Morgan fingerprint density at radius 3 is 2.62 bits per heavy atom. The Labute approximate surface area is 270 Å². The average Bonchev–Trinajstić information content (AvgIpc) is 3.06. The molecule has 252 valence electrons. The SMILES string of the molecule is Cc1ncc(NC(=O)c2cccc(C(F)(F)F)c2)cc1-c1cnc(O[C@@H]2CCC[C@@H](OCCOCC(=O)O)C2)c(N2CCOCC2)c1. The summed E-state index contributed by atoms with van der Waals surface area (Å²) in [5.41, 5.74) is 2.17. The number of ether oxygens (including phenoxy) is 4. The maximum Gasteiger partial charge on any atom is 0.416 e. The highest BCUT2D eigenvalue weighted by atomic mass is 19.4. The van der Waals surface area contributed by atoms with Crippen molar-refractivity contribution in [3.05, 3.63) is 65.6 Å². The van der Waals surface area contributed by atoms with Gasteiger partial charge in [-0.15, -0.1) is 0 Å². The number of halogens is 3. The number of rotatable bonds is 12. The zero-order chi connectivity index (χ0) is 33.4. The highest BCUT2D eigenvalue weighted by molar-refractivity contribution is 6.04. The number of aliphatic carboxylic acids is 1. The normalized spacial score (nSPS) is 18.5. The zero-order valence-corrected chi connectivity index (χ0v) is 25.9. The van der Waals surface area contributed by atoms with E-state index in [2.05, 4.69) is 15.2 Å². The second-order valence-electron chi connectivity index (χ2n) is 11.4. The van der Waals surface area contributed by atoms with Crippen molar-refractivity contribution >= 4 is 23.3 Å². The Morgan fingerprint density at radius 2 is 1.85 bits per heavy atom. The predicted molar refractivity (Wildman–Crippen MR) is 166 cm³/mol. The van der Waals surface area contributed by atoms with E-state index in [0.29, 0.717) is 62.2 Å². The van der Waals surface area contributed by atoms with Gasteiger partial charge in [-0.25, -0.2) is 9.78 Å². The molecule has 11 nitrogen and oxygen atoms in total. The molecule has 0 spiro atoms. The first-order chi connectivity index (χ1) is 22.6. The highest BCUT2D eigenvalue weighted by Crippen LogP contribution is 2.36. The molecule has 14 heteroatoms. The number of hydrogen-bond donors (Lipinski definition) is 2. The van der Waals surface area contributed by atoms with Gasteiger partial charge in [-0.3, -0.25) is 9.78 Å². The van der Waals surface area contributed by atoms with Gasteiger partial charge in [-0.2, -0.15) is 13.2 Å². The van der Waals surface area contributed by atoms with Gasteiger partial charge in [0.05, 0.1) is 50.0 Å². The molecule has 2 aromatic heterocycles. The van der Waals surface area contributed by atoms with Crippen molar-refractivity contribution in [2.75, 3.05) is 56.3 Å². The van der Waals surface area contributed by atoms with E-state index in [9.17, 15) is 22.8 Å². The van der Waals surface area contributed by atoms with Crippen LogP contribution in [0, 0.1) is 6.92 Å². The zero-order valence-electron chi connectivity index (χ0n) is 25.9. The summed E-state index contributed by atoms with van der Waals surface area (Å²) in [5.74, 6) is -1.23. The summed E-state index contributed by atoms with van der Waals surface area (Å²) >= 11 is 0. The van der Waals surface area contributed by atoms with E-state index < -0.39 is 23.6 Å². The van der Waals surface area contributed by atoms with Crippen molar-refractivity contribution in [2.24, 2.45) is 0 Å². The van der Waals surface area contributed by atoms with Crippen molar-refractivity contribution < 1.29 is 46.8 Å². The third-order valence-corrected chi connectivity index (χ3v) is 7.95. The first-order valence-electron chi connectivity index (χ1n) is 15.4. The number of aromatic nitrogens is 2. The predicted octanol–water partition coefficient (Wildman–Crippen LogP) is 5.37. The van der Waals surface area contributed by atoms with Crippen molar-refractivity contribution in [3.63, 3.8) is 0 Å². The number of carbonyl (C=O) groups excluding carboxylic acids is 1. The minimum Gasteiger partial charge on any atom is -0.480 e. The molecule has 5 rings (SSSR count). The summed E-state index contributed by atoms with van der Waals surface area (Å²) in [4.78, 5) is 34.8. The molecule has 0 unspecified atom stereocenters. The van der Waals surface area contributed by atoms with Crippen LogP contribution in [0.4, 0.5) is 24.5 Å². The quantitative estimate of drug-likeness (QED) is 0.245. The van der Waals surface area contributed by atoms with E-state index in [1.54, 1.807) is 12.3 Å². The number of hydrogen-bond acceptors (Lipinski definition) is 9. The molecule has 1 aliphatic carbocycles. The van der Waals surface area contributed by atoms with Crippen LogP contribution in [-0.2, 0) is 25.2 Å². The van der Waals surface area contributed by atoms with Crippen molar-refractivity contribution in [1.29, 1.82) is 0 Å². The van der Waals surface area contributed by atoms with Crippen LogP contribution in [0.25, 0.3) is 11.1 Å². The number of nitrogens with one attached hydrogen (secondary N) is 1. The Bertz CT molecular complexity index is 1550. The third-order valence-electron chi connectivity index (χ3n) is 7.95. The standard InChI is InChI=1S/C33H37F3N4O7/c1-21-28(16-25(19-37-21)39-31(43)22-4-2-5-24(14-22)33(34,35)36)23-15-29(40-8-10-44-11-9-40)32(38-18-23)47-27-7-3-6-26(17-27)46-13-12-45-20-30(41)42/h2,4-5,14-16,18-19,26-27H,3,6-13,17,20H2,1H3,(H,39,43)(H,41,42)/t26-,27-/m1/s1. The Morgan fingerprint density at radius 1 is 1.06 bits per heavy atom. The summed E-state index contributed by atoms with van der Waals surface area (Å²) in [6.45, 7) is 4.32. The summed E-state index contributed by atoms with van der Waals surface area (Å²) in [6, 6.07) is 7.93. The molecule has 2 aliphatic rings. The molecule has 47 heavy (non-hydrogen) atoms. The van der Waals surface area contributed by atoms with Gasteiger partial charge in [0.15, 0.2) is 0 Å². The highest BCUT2D eigenvalue weighted by Gasteiger charge is 2.31. The number of morpholine rings is 1. The number of aryl methyl sites for hydroxylation is 1. The monoisotopic (exact) mass is 658 g/mol. The Kier molecular flexibility index (Phi) is 11.3. The van der Waals surface area contributed by atoms with Crippen LogP contribution in [0.5, 0.6) is 5.88 Å². The van der Waals surface area contributed by atoms with Crippen LogP contribution in [0.1, 0.15) is 47.3 Å². The van der Waals surface area contributed by atoms with E-state index in [-0.39, 0.29) is 31.0 Å². The number of anilines is 2. The summed E-state index contributed by atoms with van der Waals surface area (Å²) < 4.78 is 62.6. The fraction of sp³-hybridized carbons (Fsp3) is 0.455. The third kappa shape index (κ3) is 9.40. The molecule has 2 N–H and O–H groups in total. The average molecular weight is 659 g/mol. The van der Waals surface area contributed by atoms with Crippen LogP contribution in [-0.4, -0.2) is 85.3 Å². The van der Waals surface area contributed by atoms with Gasteiger partial charge in [-0.05, 0) is 56.5 Å². The molecule has 3 aromatic rings. The number of amides is 1. The van der Waals surface area contributed by atoms with Gasteiger partial charge in [0.1, 0.15) is 18.4 Å². The van der Waals surface area contributed by atoms with Crippen LogP contribution in [0.15, 0.2) is 48.8 Å². The molecule has 2 fully saturated rings. The minimum atomic E-state index is -4.57. The first-order valence-corrected chi connectivity index (χ1v) is 15.4. The molecule has 0 radical (unpaired) electrons. The molecule has 1 saturated heterocycles. The van der Waals surface area contributed by atoms with Gasteiger partial charge in [0, 0.05) is 48.1 Å². The maximum atomic E-state index is 13.2. The van der Waals surface area contributed by atoms with Crippen LogP contribution in [0.2, 0.25) is 0 Å². The Hall–Kier alpha value is -4.27. The molecule has 1 aliphatic heterocycles. The van der Waals surface area contributed by atoms with E-state index in [1.807, 2.05) is 13.0 Å². The fourth-order valence-corrected chi connectivity index (χ4v) is 5.59. The molecular formula is C33H37F3N4O7. The number of nitrogens with zero attached hydrogens (tertiary/aromatic N) is 3. The lowest BCUT2D eigenvalue weighted by Crippen LogP contribution is -2.37. The van der Waals surface area contributed by atoms with Crippen LogP contribution < -0.4 is 15.0 Å². The van der Waals surface area contributed by atoms with Crippen molar-refractivity contribution in [1.82, 2.24) is 9.97 Å². The molecule has 1 amide bonds. The molecule has 1 aromatic carbocycles. The van der Waals surface area contributed by atoms with E-state index in [4.69, 9.17) is 29.0 Å². The van der Waals surface area contributed by atoms with Crippen LogP contribution in [0.3, 0.4) is 0 Å². The Balaban J connectivity index is 1.32. The molecule has 3 heterocycles. The number of alkyl halides is 3. The number of carboxylic acids is 1. The molecular weight excluding hydrogens is 621 g/mol. The van der Waals surface area contributed by atoms with E-state index in [0.717, 1.165) is 42.6 Å². The van der Waals surface area contributed by atoms with Crippen LogP contribution >= 0.6 is 0 Å². The van der Waals surface area contributed by atoms with Gasteiger partial charge < -0.3 is 34.3 Å². The molecule has 0 bridgehead atoms. The van der Waals surface area contributed by atoms with Crippen molar-refractivity contribution in [2.45, 2.75) is 51.0 Å². The van der Waals surface area contributed by atoms with E-state index >= 15 is 0 Å². The number of benzene rings is 1. The van der Waals surface area contributed by atoms with Gasteiger partial charge in [0.25, 0.3) is 5.91 Å². The lowest BCUT2D eigenvalue weighted by Gasteiger charge is -2.33. The van der Waals surface area contributed by atoms with Gasteiger partial charge in [0.2, 0.25) is 5.88 Å². The van der Waals surface area contributed by atoms with E-state index in [1.165, 1.54) is 18.3 Å². The van der Waals surface area contributed by atoms with Gasteiger partial charge >= 0.3 is 12.1 Å². The molecule has 1 saturated carbocycles. The smallest absolute Gasteiger partial charge is 0.416 e. The maximum absolute atomic E-state index is 13.2. The van der Waals surface area contributed by atoms with Crippen molar-refractivity contribution in [3.8, 4) is 17.0 Å². The summed E-state index contributed by atoms with van der Waals surface area (Å²) in [5, 5.41) is 11.4. The topological polar surface area (TPSA) is 132 Å². The minimum absolute atomic E-state index is 0.0455. The number of pyridine rings is 2. The second-order valence-corrected chi connectivity index (χ2v) is 11.4. The lowest BCUT2D eigenvalue weighted by molar-refractivity contribution is -0.143. The number of carboxylic acid groups (broad SMARTS) is 1. The summed E-state index contributed by atoms with van der Waals surface area (Å²) in [7, 11) is 0. The number of carbonyl (C=O) groups is 2. The lowest BCUT2D eigenvalue weighted by atomic mass is 9.95. The largest absolute Gasteiger partial charge is 0.480 e. The van der Waals surface area contributed by atoms with Gasteiger partial charge in [-0.1, -0.05) is 6.07 Å². The summed E-state index contributed by atoms with van der Waals surface area (Å²) in [6.07, 6.45) is 1.65. The second kappa shape index (κ2) is 15.5. The fourth-order valence-electron chi connectivity index (χ4n) is 5.59. The first kappa shape index (κ1) is 34.1.